The molecule has 1 aromatic heterocycles. The van der Waals surface area contributed by atoms with Crippen LogP contribution in [0, 0.1) is 6.92 Å². The minimum Gasteiger partial charge on any atom is -0.465 e. The third-order valence-electron chi connectivity index (χ3n) is 3.40. The van der Waals surface area contributed by atoms with E-state index >= 15 is 0 Å². The van der Waals surface area contributed by atoms with Crippen LogP contribution >= 0.6 is 0 Å². The van der Waals surface area contributed by atoms with Gasteiger partial charge in [-0.15, -0.1) is 0 Å². The third kappa shape index (κ3) is 4.53. The smallest absolute Gasteiger partial charge is 0.343 e. The number of benzene rings is 1. The zero-order chi connectivity index (χ0) is 18.4. The first-order valence-electron chi connectivity index (χ1n) is 7.98. The number of aromatic nitrogens is 2. The lowest BCUT2D eigenvalue weighted by molar-refractivity contribution is -0.144. The molecule has 0 saturated carbocycles. The lowest BCUT2D eigenvalue weighted by Crippen LogP contribution is -2.32. The van der Waals surface area contributed by atoms with Gasteiger partial charge in [-0.3, -0.25) is 9.59 Å². The van der Waals surface area contributed by atoms with Crippen molar-refractivity contribution in [3.05, 3.63) is 51.8 Å². The summed E-state index contributed by atoms with van der Waals surface area (Å²) in [5.74, 6) is -1.35. The molecule has 7 heteroatoms. The van der Waals surface area contributed by atoms with Crippen molar-refractivity contribution in [2.75, 3.05) is 13.2 Å². The highest BCUT2D eigenvalue weighted by atomic mass is 16.5. The second-order valence-electron chi connectivity index (χ2n) is 5.30. The van der Waals surface area contributed by atoms with Gasteiger partial charge >= 0.3 is 11.9 Å². The van der Waals surface area contributed by atoms with Gasteiger partial charge in [-0.25, -0.2) is 9.48 Å². The molecule has 0 unspecified atom stereocenters. The molecule has 2 aromatic rings. The summed E-state index contributed by atoms with van der Waals surface area (Å²) in [7, 11) is 0. The quantitative estimate of drug-likeness (QED) is 0.745. The number of carbonyl (C=O) groups is 2. The molecule has 0 aliphatic carbocycles. The highest BCUT2D eigenvalue weighted by Gasteiger charge is 2.19. The Labute approximate surface area is 145 Å². The van der Waals surface area contributed by atoms with Crippen LogP contribution in [0.2, 0.25) is 0 Å². The Balaban J connectivity index is 2.54. The number of esters is 2. The van der Waals surface area contributed by atoms with Crippen molar-refractivity contribution in [3.8, 4) is 11.3 Å². The van der Waals surface area contributed by atoms with E-state index in [1.165, 1.54) is 6.07 Å². The van der Waals surface area contributed by atoms with Crippen molar-refractivity contribution in [1.82, 2.24) is 9.78 Å². The first-order chi connectivity index (χ1) is 12.0. The molecule has 2 rings (SSSR count). The maximum atomic E-state index is 12.5. The van der Waals surface area contributed by atoms with E-state index < -0.39 is 17.5 Å². The van der Waals surface area contributed by atoms with Crippen LogP contribution in [0.1, 0.15) is 29.8 Å². The van der Waals surface area contributed by atoms with Gasteiger partial charge in [-0.2, -0.15) is 5.10 Å². The Morgan fingerprint density at radius 2 is 1.72 bits per heavy atom. The summed E-state index contributed by atoms with van der Waals surface area (Å²) in [5.41, 5.74) is 1.31. The monoisotopic (exact) mass is 344 g/mol. The molecule has 0 saturated heterocycles. The van der Waals surface area contributed by atoms with Gasteiger partial charge in [0.15, 0.2) is 0 Å². The summed E-state index contributed by atoms with van der Waals surface area (Å²) >= 11 is 0. The van der Waals surface area contributed by atoms with Crippen LogP contribution < -0.4 is 5.56 Å². The molecular formula is C18H20N2O5. The SMILES string of the molecule is CCOC(=O)Cn1nc(-c2ccc(C)cc2)cc(C(=O)OCC)c1=O. The molecule has 25 heavy (non-hydrogen) atoms. The van der Waals surface area contributed by atoms with Gasteiger partial charge in [-0.1, -0.05) is 29.8 Å². The lowest BCUT2D eigenvalue weighted by atomic mass is 10.1. The number of carbonyl (C=O) groups excluding carboxylic acids is 2. The molecule has 0 amide bonds. The molecule has 0 aliphatic rings. The summed E-state index contributed by atoms with van der Waals surface area (Å²) in [5, 5.41) is 4.19. The Bertz CT molecular complexity index is 824. The van der Waals surface area contributed by atoms with Crippen LogP contribution in [0.3, 0.4) is 0 Å². The number of hydrogen-bond acceptors (Lipinski definition) is 6. The molecule has 1 heterocycles. The van der Waals surface area contributed by atoms with E-state index in [9.17, 15) is 14.4 Å². The normalized spacial score (nSPS) is 10.4. The molecule has 0 aliphatic heterocycles. The molecule has 0 N–H and O–H groups in total. The summed E-state index contributed by atoms with van der Waals surface area (Å²) < 4.78 is 10.7. The highest BCUT2D eigenvalue weighted by Crippen LogP contribution is 2.17. The van der Waals surface area contributed by atoms with Gasteiger partial charge in [0.25, 0.3) is 5.56 Å². The average molecular weight is 344 g/mol. The van der Waals surface area contributed by atoms with E-state index in [0.29, 0.717) is 11.3 Å². The van der Waals surface area contributed by atoms with Gasteiger partial charge in [0, 0.05) is 5.56 Å². The Kier molecular flexibility index (Phi) is 6.05. The fourth-order valence-electron chi connectivity index (χ4n) is 2.20. The largest absolute Gasteiger partial charge is 0.465 e. The summed E-state index contributed by atoms with van der Waals surface area (Å²) in [6, 6.07) is 8.81. The second kappa shape index (κ2) is 8.23. The number of nitrogens with zero attached hydrogens (tertiary/aromatic N) is 2. The highest BCUT2D eigenvalue weighted by molar-refractivity contribution is 5.90. The first kappa shape index (κ1) is 18.4. The zero-order valence-electron chi connectivity index (χ0n) is 14.4. The fourth-order valence-corrected chi connectivity index (χ4v) is 2.20. The van der Waals surface area contributed by atoms with E-state index in [-0.39, 0.29) is 25.3 Å². The summed E-state index contributed by atoms with van der Waals surface area (Å²) in [6.07, 6.45) is 0. The van der Waals surface area contributed by atoms with Crippen molar-refractivity contribution in [2.24, 2.45) is 0 Å². The van der Waals surface area contributed by atoms with Crippen molar-refractivity contribution in [1.29, 1.82) is 0 Å². The lowest BCUT2D eigenvalue weighted by Gasteiger charge is -2.10. The maximum absolute atomic E-state index is 12.5. The average Bonchev–Trinajstić information content (AvgIpc) is 2.58. The van der Waals surface area contributed by atoms with E-state index in [1.807, 2.05) is 31.2 Å². The summed E-state index contributed by atoms with van der Waals surface area (Å²) in [6.45, 7) is 5.22. The molecule has 7 nitrogen and oxygen atoms in total. The van der Waals surface area contributed by atoms with Gasteiger partial charge < -0.3 is 9.47 Å². The molecule has 0 fully saturated rings. The van der Waals surface area contributed by atoms with Crippen LogP contribution in [-0.2, 0) is 20.8 Å². The minimum atomic E-state index is -0.749. The molecular weight excluding hydrogens is 324 g/mol. The van der Waals surface area contributed by atoms with Crippen molar-refractivity contribution >= 4 is 11.9 Å². The standard InChI is InChI=1S/C18H20N2O5/c1-4-24-16(21)11-20-17(22)14(18(23)25-5-2)10-15(19-20)13-8-6-12(3)7-9-13/h6-10H,4-5,11H2,1-3H3. The van der Waals surface area contributed by atoms with Gasteiger partial charge in [-0.05, 0) is 26.8 Å². The predicted molar refractivity (Wildman–Crippen MR) is 91.3 cm³/mol. The van der Waals surface area contributed by atoms with Gasteiger partial charge in [0.1, 0.15) is 12.1 Å². The number of hydrogen-bond donors (Lipinski definition) is 0. The third-order valence-corrected chi connectivity index (χ3v) is 3.40. The molecule has 0 spiro atoms. The van der Waals surface area contributed by atoms with Crippen molar-refractivity contribution in [3.63, 3.8) is 0 Å². The molecule has 0 bridgehead atoms. The van der Waals surface area contributed by atoms with Crippen LogP contribution in [-0.4, -0.2) is 34.9 Å². The first-order valence-corrected chi connectivity index (χ1v) is 7.98. The van der Waals surface area contributed by atoms with Crippen LogP contribution in [0.5, 0.6) is 0 Å². The molecule has 0 radical (unpaired) electrons. The van der Waals surface area contributed by atoms with E-state index in [0.717, 1.165) is 10.2 Å². The van der Waals surface area contributed by atoms with E-state index in [4.69, 9.17) is 9.47 Å². The van der Waals surface area contributed by atoms with Crippen LogP contribution in [0.15, 0.2) is 35.1 Å². The Hall–Kier alpha value is -2.96. The molecule has 132 valence electrons. The second-order valence-corrected chi connectivity index (χ2v) is 5.30. The predicted octanol–water partition coefficient (Wildman–Crippen LogP) is 1.96. The van der Waals surface area contributed by atoms with Crippen molar-refractivity contribution in [2.45, 2.75) is 27.3 Å². The van der Waals surface area contributed by atoms with Crippen molar-refractivity contribution < 1.29 is 19.1 Å². The number of ether oxygens (including phenoxy) is 2. The van der Waals surface area contributed by atoms with Gasteiger partial charge in [0.2, 0.25) is 0 Å². The fraction of sp³-hybridized carbons (Fsp3) is 0.333. The number of aryl methyl sites for hydroxylation is 1. The maximum Gasteiger partial charge on any atom is 0.343 e. The van der Waals surface area contributed by atoms with E-state index in [2.05, 4.69) is 5.10 Å². The Morgan fingerprint density at radius 1 is 1.08 bits per heavy atom. The van der Waals surface area contributed by atoms with Gasteiger partial charge in [0.05, 0.1) is 18.9 Å². The number of rotatable bonds is 6. The topological polar surface area (TPSA) is 87.5 Å². The summed E-state index contributed by atoms with van der Waals surface area (Å²) in [4.78, 5) is 36.3. The van der Waals surface area contributed by atoms with Crippen LogP contribution in [0.4, 0.5) is 0 Å². The molecule has 1 aromatic carbocycles. The molecule has 0 atom stereocenters. The van der Waals surface area contributed by atoms with Crippen LogP contribution in [0.25, 0.3) is 11.3 Å². The zero-order valence-corrected chi connectivity index (χ0v) is 14.4. The minimum absolute atomic E-state index is 0.137. The Morgan fingerprint density at radius 3 is 2.32 bits per heavy atom. The van der Waals surface area contributed by atoms with E-state index in [1.54, 1.807) is 13.8 Å².